The Kier molecular flexibility index (Phi) is 5.13. The Balaban J connectivity index is 2.09. The fourth-order valence-electron chi connectivity index (χ4n) is 2.52. The van der Waals surface area contributed by atoms with E-state index in [1.807, 2.05) is 24.3 Å². The largest absolute Gasteiger partial charge is 0.299 e. The predicted molar refractivity (Wildman–Crippen MR) is 100 cm³/mol. The number of benzene rings is 3. The van der Waals surface area contributed by atoms with E-state index in [1.54, 1.807) is 0 Å². The molecular formula is C21H17OP. The summed E-state index contributed by atoms with van der Waals surface area (Å²) in [5, 5.41) is 3.93. The molecular weight excluding hydrogens is 299 g/mol. The lowest BCUT2D eigenvalue weighted by molar-refractivity contribution is -0.104. The first-order valence-electron chi connectivity index (χ1n) is 7.50. The highest BCUT2D eigenvalue weighted by molar-refractivity contribution is 7.79. The van der Waals surface area contributed by atoms with Crippen LogP contribution in [-0.4, -0.2) is 6.29 Å². The van der Waals surface area contributed by atoms with Gasteiger partial charge in [-0.15, -0.1) is 0 Å². The van der Waals surface area contributed by atoms with Crippen molar-refractivity contribution in [2.75, 3.05) is 0 Å². The number of carbonyl (C=O) groups is 1. The number of hydrogen-bond donors (Lipinski definition) is 0. The lowest BCUT2D eigenvalue weighted by Gasteiger charge is -2.19. The normalized spacial score (nSPS) is 11.0. The Morgan fingerprint density at radius 1 is 0.652 bits per heavy atom. The highest BCUT2D eigenvalue weighted by atomic mass is 31.1. The van der Waals surface area contributed by atoms with Crippen LogP contribution in [0.5, 0.6) is 0 Å². The highest BCUT2D eigenvalue weighted by Gasteiger charge is 2.15. The number of hydrogen-bond acceptors (Lipinski definition) is 1. The molecule has 3 aromatic carbocycles. The summed E-state index contributed by atoms with van der Waals surface area (Å²) >= 11 is 0. The smallest absolute Gasteiger partial charge is 0.142 e. The van der Waals surface area contributed by atoms with Crippen LogP contribution in [0, 0.1) is 0 Å². The average Bonchev–Trinajstić information content (AvgIpc) is 2.62. The summed E-state index contributed by atoms with van der Waals surface area (Å²) < 4.78 is 0. The number of allylic oxidation sites excluding steroid dienone is 1. The second kappa shape index (κ2) is 7.67. The van der Waals surface area contributed by atoms with Crippen LogP contribution >= 0.6 is 7.92 Å². The molecule has 0 radical (unpaired) electrons. The van der Waals surface area contributed by atoms with E-state index in [0.717, 1.165) is 11.8 Å². The van der Waals surface area contributed by atoms with Crippen molar-refractivity contribution in [1.29, 1.82) is 0 Å². The highest BCUT2D eigenvalue weighted by Crippen LogP contribution is 2.32. The fourth-order valence-corrected chi connectivity index (χ4v) is 4.87. The van der Waals surface area contributed by atoms with Gasteiger partial charge in [0.15, 0.2) is 0 Å². The van der Waals surface area contributed by atoms with E-state index in [9.17, 15) is 4.79 Å². The summed E-state index contributed by atoms with van der Waals surface area (Å²) in [6.07, 6.45) is 4.19. The molecule has 0 unspecified atom stereocenters. The molecule has 112 valence electrons. The molecule has 0 N–H and O–H groups in total. The Morgan fingerprint density at radius 3 is 1.78 bits per heavy atom. The maximum absolute atomic E-state index is 10.6. The molecule has 0 atom stereocenters. The lowest BCUT2D eigenvalue weighted by atomic mass is 10.2. The summed E-state index contributed by atoms with van der Waals surface area (Å²) in [5.41, 5.74) is 1.05. The molecule has 0 bridgehead atoms. The number of carbonyl (C=O) groups excluding carboxylic acids is 1. The first-order chi connectivity index (χ1) is 11.4. The molecule has 0 spiro atoms. The van der Waals surface area contributed by atoms with Crippen LogP contribution in [0.1, 0.15) is 5.56 Å². The molecule has 0 saturated heterocycles. The zero-order valence-corrected chi connectivity index (χ0v) is 13.6. The molecule has 3 rings (SSSR count). The Bertz CT molecular complexity index is 755. The first-order valence-corrected chi connectivity index (χ1v) is 8.85. The quantitative estimate of drug-likeness (QED) is 0.399. The second-order valence-electron chi connectivity index (χ2n) is 5.10. The van der Waals surface area contributed by atoms with Gasteiger partial charge >= 0.3 is 0 Å². The fraction of sp³-hybridized carbons (Fsp3) is 0. The van der Waals surface area contributed by atoms with Crippen molar-refractivity contribution in [3.8, 4) is 0 Å². The molecule has 0 aliphatic heterocycles. The minimum absolute atomic E-state index is 0.599. The van der Waals surface area contributed by atoms with Gasteiger partial charge in [-0.2, -0.15) is 0 Å². The van der Waals surface area contributed by atoms with Gasteiger partial charge in [0.05, 0.1) is 0 Å². The molecule has 0 aromatic heterocycles. The van der Waals surface area contributed by atoms with Gasteiger partial charge in [0, 0.05) is 0 Å². The lowest BCUT2D eigenvalue weighted by Crippen LogP contribution is -2.20. The predicted octanol–water partition coefficient (Wildman–Crippen LogP) is 3.66. The van der Waals surface area contributed by atoms with Gasteiger partial charge in [0.2, 0.25) is 0 Å². The monoisotopic (exact) mass is 316 g/mol. The molecule has 3 aromatic rings. The third-order valence-corrected chi connectivity index (χ3v) is 5.95. The Morgan fingerprint density at radius 2 is 1.22 bits per heavy atom. The van der Waals surface area contributed by atoms with E-state index in [-0.39, 0.29) is 0 Å². The molecule has 0 heterocycles. The first kappa shape index (κ1) is 15.4. The van der Waals surface area contributed by atoms with Crippen LogP contribution in [-0.2, 0) is 4.79 Å². The zero-order valence-electron chi connectivity index (χ0n) is 12.7. The molecule has 2 heteroatoms. The van der Waals surface area contributed by atoms with E-state index in [4.69, 9.17) is 0 Å². The van der Waals surface area contributed by atoms with Crippen molar-refractivity contribution in [3.63, 3.8) is 0 Å². The van der Waals surface area contributed by atoms with E-state index >= 15 is 0 Å². The summed E-state index contributed by atoms with van der Waals surface area (Å²) in [5.74, 6) is 0. The van der Waals surface area contributed by atoms with Crippen LogP contribution in [0.2, 0.25) is 0 Å². The van der Waals surface area contributed by atoms with Crippen LogP contribution in [0.25, 0.3) is 6.08 Å². The van der Waals surface area contributed by atoms with Crippen molar-refractivity contribution in [2.24, 2.45) is 0 Å². The van der Waals surface area contributed by atoms with Crippen LogP contribution in [0.3, 0.4) is 0 Å². The second-order valence-corrected chi connectivity index (χ2v) is 7.32. The molecule has 0 aliphatic rings. The van der Waals surface area contributed by atoms with Gasteiger partial charge in [0.25, 0.3) is 0 Å². The van der Waals surface area contributed by atoms with E-state index in [1.165, 1.54) is 22.0 Å². The van der Waals surface area contributed by atoms with Gasteiger partial charge in [-0.1, -0.05) is 84.9 Å². The van der Waals surface area contributed by atoms with Crippen molar-refractivity contribution >= 4 is 36.2 Å². The van der Waals surface area contributed by atoms with Crippen LogP contribution < -0.4 is 15.9 Å². The SMILES string of the molecule is O=CC=Cc1cccc(P(c2ccccc2)c2ccccc2)c1. The van der Waals surface area contributed by atoms with E-state index < -0.39 is 7.92 Å². The van der Waals surface area contributed by atoms with E-state index in [0.29, 0.717) is 0 Å². The summed E-state index contributed by atoms with van der Waals surface area (Å²) in [7, 11) is -0.599. The van der Waals surface area contributed by atoms with Crippen molar-refractivity contribution in [1.82, 2.24) is 0 Å². The molecule has 0 amide bonds. The number of rotatable bonds is 5. The van der Waals surface area contributed by atoms with Crippen molar-refractivity contribution < 1.29 is 4.79 Å². The third-order valence-electron chi connectivity index (χ3n) is 3.52. The zero-order chi connectivity index (χ0) is 15.9. The maximum atomic E-state index is 10.6. The van der Waals surface area contributed by atoms with Gasteiger partial charge in [-0.25, -0.2) is 0 Å². The van der Waals surface area contributed by atoms with Gasteiger partial charge in [-0.05, 0) is 41.5 Å². The summed E-state index contributed by atoms with van der Waals surface area (Å²) in [4.78, 5) is 10.6. The molecule has 23 heavy (non-hydrogen) atoms. The molecule has 0 fully saturated rings. The van der Waals surface area contributed by atoms with E-state index in [2.05, 4.69) is 66.7 Å². The van der Waals surface area contributed by atoms with Gasteiger partial charge < -0.3 is 0 Å². The Hall–Kier alpha value is -2.50. The maximum Gasteiger partial charge on any atom is 0.142 e. The van der Waals surface area contributed by atoms with Crippen molar-refractivity contribution in [2.45, 2.75) is 0 Å². The van der Waals surface area contributed by atoms with Gasteiger partial charge in [0.1, 0.15) is 6.29 Å². The Labute approximate surface area is 138 Å². The minimum Gasteiger partial charge on any atom is -0.299 e. The summed E-state index contributed by atoms with van der Waals surface area (Å²) in [6, 6.07) is 29.6. The molecule has 1 nitrogen and oxygen atoms in total. The topological polar surface area (TPSA) is 17.1 Å². The minimum atomic E-state index is -0.599. The third kappa shape index (κ3) is 3.83. The van der Waals surface area contributed by atoms with Gasteiger partial charge in [-0.3, -0.25) is 4.79 Å². The number of aldehydes is 1. The van der Waals surface area contributed by atoms with Crippen molar-refractivity contribution in [3.05, 3.63) is 96.6 Å². The van der Waals surface area contributed by atoms with Crippen LogP contribution in [0.4, 0.5) is 0 Å². The standard InChI is InChI=1S/C21H17OP/c22-16-8-10-18-9-7-15-21(17-18)23(19-11-3-1-4-12-19)20-13-5-2-6-14-20/h1-17H. The summed E-state index contributed by atoms with van der Waals surface area (Å²) in [6.45, 7) is 0. The molecule has 0 aliphatic carbocycles. The van der Waals surface area contributed by atoms with Crippen LogP contribution in [0.15, 0.2) is 91.0 Å². The molecule has 0 saturated carbocycles. The average molecular weight is 316 g/mol.